The standard InChI is InChI=1S/C15H24N2O/c1-4-9-16-11-15(18)17(5-2)12-14-8-6-7-13(3)10-14/h6-8,10,16H,4-5,9,11-12H2,1-3H3. The lowest BCUT2D eigenvalue weighted by Crippen LogP contribution is -2.37. The van der Waals surface area contributed by atoms with Gasteiger partial charge >= 0.3 is 0 Å². The number of benzene rings is 1. The molecule has 18 heavy (non-hydrogen) atoms. The van der Waals surface area contributed by atoms with Gasteiger partial charge in [0.15, 0.2) is 0 Å². The SMILES string of the molecule is CCCNCC(=O)N(CC)Cc1cccc(C)c1. The predicted octanol–water partition coefficient (Wildman–Crippen LogP) is 2.34. The molecule has 0 fully saturated rings. The number of carbonyl (C=O) groups is 1. The van der Waals surface area contributed by atoms with E-state index < -0.39 is 0 Å². The van der Waals surface area contributed by atoms with Crippen molar-refractivity contribution in [1.29, 1.82) is 0 Å². The smallest absolute Gasteiger partial charge is 0.236 e. The van der Waals surface area contributed by atoms with Crippen LogP contribution in [0.2, 0.25) is 0 Å². The average Bonchev–Trinajstić information content (AvgIpc) is 2.36. The molecule has 0 unspecified atom stereocenters. The van der Waals surface area contributed by atoms with Gasteiger partial charge in [-0.25, -0.2) is 0 Å². The zero-order valence-corrected chi connectivity index (χ0v) is 11.7. The van der Waals surface area contributed by atoms with E-state index in [1.165, 1.54) is 11.1 Å². The summed E-state index contributed by atoms with van der Waals surface area (Å²) in [5.74, 6) is 0.174. The number of rotatable bonds is 7. The monoisotopic (exact) mass is 248 g/mol. The van der Waals surface area contributed by atoms with E-state index in [9.17, 15) is 4.79 Å². The Balaban J connectivity index is 2.53. The van der Waals surface area contributed by atoms with Crippen LogP contribution in [0.3, 0.4) is 0 Å². The van der Waals surface area contributed by atoms with Gasteiger partial charge in [0.25, 0.3) is 0 Å². The molecule has 0 saturated heterocycles. The van der Waals surface area contributed by atoms with E-state index in [1.54, 1.807) is 0 Å². The molecule has 3 nitrogen and oxygen atoms in total. The number of hydrogen-bond acceptors (Lipinski definition) is 2. The van der Waals surface area contributed by atoms with Crippen LogP contribution in [0.4, 0.5) is 0 Å². The molecule has 1 aromatic carbocycles. The van der Waals surface area contributed by atoms with E-state index in [0.29, 0.717) is 13.1 Å². The molecule has 1 aromatic rings. The Morgan fingerprint density at radius 1 is 1.33 bits per heavy atom. The van der Waals surface area contributed by atoms with Gasteiger partial charge in [0.05, 0.1) is 6.54 Å². The quantitative estimate of drug-likeness (QED) is 0.751. The normalized spacial score (nSPS) is 10.4. The van der Waals surface area contributed by atoms with Gasteiger partial charge in [0, 0.05) is 13.1 Å². The van der Waals surface area contributed by atoms with Gasteiger partial charge in [-0.05, 0) is 32.4 Å². The van der Waals surface area contributed by atoms with Gasteiger partial charge < -0.3 is 10.2 Å². The Morgan fingerprint density at radius 3 is 2.72 bits per heavy atom. The topological polar surface area (TPSA) is 32.3 Å². The molecule has 0 atom stereocenters. The molecule has 3 heteroatoms. The molecule has 0 saturated carbocycles. The molecular formula is C15H24N2O. The summed E-state index contributed by atoms with van der Waals surface area (Å²) in [5.41, 5.74) is 2.43. The van der Waals surface area contributed by atoms with E-state index in [-0.39, 0.29) is 5.91 Å². The van der Waals surface area contributed by atoms with Crippen LogP contribution in [0, 0.1) is 6.92 Å². The van der Waals surface area contributed by atoms with Crippen LogP contribution >= 0.6 is 0 Å². The highest BCUT2D eigenvalue weighted by molar-refractivity contribution is 5.78. The lowest BCUT2D eigenvalue weighted by atomic mass is 10.1. The van der Waals surface area contributed by atoms with E-state index in [1.807, 2.05) is 17.9 Å². The minimum absolute atomic E-state index is 0.174. The average molecular weight is 248 g/mol. The van der Waals surface area contributed by atoms with Crippen LogP contribution in [0.5, 0.6) is 0 Å². The van der Waals surface area contributed by atoms with Crippen LogP contribution in [0.15, 0.2) is 24.3 Å². The van der Waals surface area contributed by atoms with Crippen molar-refractivity contribution in [2.45, 2.75) is 33.7 Å². The highest BCUT2D eigenvalue weighted by atomic mass is 16.2. The maximum absolute atomic E-state index is 12.0. The van der Waals surface area contributed by atoms with Crippen LogP contribution in [0.1, 0.15) is 31.4 Å². The molecular weight excluding hydrogens is 224 g/mol. The van der Waals surface area contributed by atoms with Crippen molar-refractivity contribution in [3.8, 4) is 0 Å². The summed E-state index contributed by atoms with van der Waals surface area (Å²) >= 11 is 0. The number of amides is 1. The van der Waals surface area contributed by atoms with Crippen LogP contribution in [0.25, 0.3) is 0 Å². The van der Waals surface area contributed by atoms with Crippen molar-refractivity contribution in [2.75, 3.05) is 19.6 Å². The maximum atomic E-state index is 12.0. The summed E-state index contributed by atoms with van der Waals surface area (Å²) < 4.78 is 0. The third kappa shape index (κ3) is 4.88. The van der Waals surface area contributed by atoms with Crippen LogP contribution in [-0.2, 0) is 11.3 Å². The van der Waals surface area contributed by atoms with Crippen LogP contribution in [-0.4, -0.2) is 30.4 Å². The molecule has 0 aromatic heterocycles. The molecule has 0 radical (unpaired) electrons. The first-order valence-electron chi connectivity index (χ1n) is 6.71. The number of hydrogen-bond donors (Lipinski definition) is 1. The highest BCUT2D eigenvalue weighted by Crippen LogP contribution is 2.07. The summed E-state index contributed by atoms with van der Waals surface area (Å²) in [6, 6.07) is 8.32. The van der Waals surface area contributed by atoms with Gasteiger partial charge in [-0.1, -0.05) is 36.8 Å². The first-order valence-corrected chi connectivity index (χ1v) is 6.71. The summed E-state index contributed by atoms with van der Waals surface area (Å²) in [5, 5.41) is 3.16. The van der Waals surface area contributed by atoms with Crippen molar-refractivity contribution >= 4 is 5.91 Å². The minimum Gasteiger partial charge on any atom is -0.338 e. The van der Waals surface area contributed by atoms with Gasteiger partial charge in [-0.2, -0.15) is 0 Å². The number of nitrogens with one attached hydrogen (secondary N) is 1. The second-order valence-corrected chi connectivity index (χ2v) is 4.57. The molecule has 0 bridgehead atoms. The fraction of sp³-hybridized carbons (Fsp3) is 0.533. The van der Waals surface area contributed by atoms with E-state index in [0.717, 1.165) is 19.5 Å². The molecule has 1 amide bonds. The second kappa shape index (κ2) is 7.88. The molecule has 100 valence electrons. The fourth-order valence-corrected chi connectivity index (χ4v) is 1.89. The fourth-order valence-electron chi connectivity index (χ4n) is 1.89. The zero-order chi connectivity index (χ0) is 13.4. The molecule has 1 rings (SSSR count). The number of aryl methyl sites for hydroxylation is 1. The van der Waals surface area contributed by atoms with Crippen molar-refractivity contribution < 1.29 is 4.79 Å². The Bertz CT molecular complexity index is 377. The maximum Gasteiger partial charge on any atom is 0.236 e. The van der Waals surface area contributed by atoms with Gasteiger partial charge in [0.2, 0.25) is 5.91 Å². The first kappa shape index (κ1) is 14.7. The van der Waals surface area contributed by atoms with Crippen molar-refractivity contribution in [1.82, 2.24) is 10.2 Å². The summed E-state index contributed by atoms with van der Waals surface area (Å²) in [4.78, 5) is 13.9. The van der Waals surface area contributed by atoms with E-state index in [4.69, 9.17) is 0 Å². The lowest BCUT2D eigenvalue weighted by molar-refractivity contribution is -0.130. The summed E-state index contributed by atoms with van der Waals surface area (Å²) in [6.45, 7) is 8.98. The molecule has 0 spiro atoms. The summed E-state index contributed by atoms with van der Waals surface area (Å²) in [6.07, 6.45) is 1.05. The summed E-state index contributed by atoms with van der Waals surface area (Å²) in [7, 11) is 0. The lowest BCUT2D eigenvalue weighted by Gasteiger charge is -2.21. The number of likely N-dealkylation sites (N-methyl/N-ethyl adjacent to an activating group) is 1. The van der Waals surface area contributed by atoms with Gasteiger partial charge in [-0.3, -0.25) is 4.79 Å². The van der Waals surface area contributed by atoms with Crippen molar-refractivity contribution in [3.63, 3.8) is 0 Å². The Hall–Kier alpha value is -1.35. The molecule has 0 heterocycles. The Kier molecular flexibility index (Phi) is 6.44. The van der Waals surface area contributed by atoms with E-state index >= 15 is 0 Å². The Morgan fingerprint density at radius 2 is 2.11 bits per heavy atom. The first-order chi connectivity index (χ1) is 8.67. The van der Waals surface area contributed by atoms with Crippen molar-refractivity contribution in [2.24, 2.45) is 0 Å². The van der Waals surface area contributed by atoms with Gasteiger partial charge in [0.1, 0.15) is 0 Å². The zero-order valence-electron chi connectivity index (χ0n) is 11.7. The highest BCUT2D eigenvalue weighted by Gasteiger charge is 2.11. The molecule has 0 aliphatic rings. The molecule has 0 aliphatic carbocycles. The predicted molar refractivity (Wildman–Crippen MR) is 75.4 cm³/mol. The third-order valence-corrected chi connectivity index (χ3v) is 2.89. The number of nitrogens with zero attached hydrogens (tertiary/aromatic N) is 1. The third-order valence-electron chi connectivity index (χ3n) is 2.89. The minimum atomic E-state index is 0.174. The van der Waals surface area contributed by atoms with Gasteiger partial charge in [-0.15, -0.1) is 0 Å². The Labute approximate surface area is 110 Å². The molecule has 0 aliphatic heterocycles. The van der Waals surface area contributed by atoms with Crippen LogP contribution < -0.4 is 5.32 Å². The second-order valence-electron chi connectivity index (χ2n) is 4.57. The van der Waals surface area contributed by atoms with Crippen molar-refractivity contribution in [3.05, 3.63) is 35.4 Å². The van der Waals surface area contributed by atoms with E-state index in [2.05, 4.69) is 37.4 Å². The molecule has 1 N–H and O–H groups in total. The largest absolute Gasteiger partial charge is 0.338 e. The number of carbonyl (C=O) groups excluding carboxylic acids is 1.